The van der Waals surface area contributed by atoms with Crippen LogP contribution in [0, 0.1) is 5.82 Å². The Labute approximate surface area is 183 Å². The second-order valence-electron chi connectivity index (χ2n) is 5.89. The first-order valence-electron chi connectivity index (χ1n) is 7.98. The smallest absolute Gasteiger partial charge is 0.170 e. The van der Waals surface area contributed by atoms with Crippen molar-refractivity contribution in [1.29, 1.82) is 0 Å². The van der Waals surface area contributed by atoms with Gasteiger partial charge in [-0.1, -0.05) is 46.4 Å². The van der Waals surface area contributed by atoms with Crippen molar-refractivity contribution in [2.24, 2.45) is 0 Å². The molecule has 150 valence electrons. The standard InChI is InChI=1S/C9H5Cl2FN2O.C9H6Cl2N2O/c1-4(15)5-2-6(10)8-7(12)3-13-14(8)9(5)11;1-5(14)6-4-7(10)8-2-3-12-13(8)9(6)11/h2-3H,1H3;2-4H,1H3. The second-order valence-corrected chi connectivity index (χ2v) is 7.42. The van der Waals surface area contributed by atoms with Crippen molar-refractivity contribution in [2.45, 2.75) is 13.8 Å². The summed E-state index contributed by atoms with van der Waals surface area (Å²) in [6.45, 7) is 2.79. The molecule has 0 spiro atoms. The normalized spacial score (nSPS) is 10.9. The summed E-state index contributed by atoms with van der Waals surface area (Å²) in [5.74, 6) is -0.953. The first-order chi connectivity index (χ1) is 13.6. The molecular formula is C18H11Cl4FN4O2. The fourth-order valence-electron chi connectivity index (χ4n) is 2.57. The molecule has 11 heteroatoms. The fraction of sp³-hybridized carbons (Fsp3) is 0.111. The van der Waals surface area contributed by atoms with Crippen LogP contribution in [0.1, 0.15) is 34.6 Å². The molecular weight excluding hydrogens is 465 g/mol. The molecule has 0 atom stereocenters. The number of hydrogen-bond donors (Lipinski definition) is 0. The Morgan fingerprint density at radius 1 is 0.897 bits per heavy atom. The summed E-state index contributed by atoms with van der Waals surface area (Å²) in [5.41, 5.74) is 1.37. The highest BCUT2D eigenvalue weighted by atomic mass is 35.5. The number of Topliss-reactive ketones (excluding diaryl/α,β-unsaturated/α-hetero) is 2. The van der Waals surface area contributed by atoms with E-state index in [0.717, 1.165) is 10.7 Å². The molecule has 4 heterocycles. The van der Waals surface area contributed by atoms with Gasteiger partial charge in [0.25, 0.3) is 0 Å². The first kappa shape index (κ1) is 21.5. The van der Waals surface area contributed by atoms with E-state index in [0.29, 0.717) is 21.3 Å². The van der Waals surface area contributed by atoms with Gasteiger partial charge in [-0.15, -0.1) is 0 Å². The number of halogens is 5. The summed E-state index contributed by atoms with van der Waals surface area (Å²) in [7, 11) is 0. The molecule has 29 heavy (non-hydrogen) atoms. The van der Waals surface area contributed by atoms with Gasteiger partial charge in [0, 0.05) is 0 Å². The molecule has 0 fully saturated rings. The van der Waals surface area contributed by atoms with E-state index in [-0.39, 0.29) is 32.8 Å². The highest BCUT2D eigenvalue weighted by molar-refractivity contribution is 6.37. The van der Waals surface area contributed by atoms with Gasteiger partial charge in [0.2, 0.25) is 0 Å². The Balaban J connectivity index is 0.000000166. The number of carbonyl (C=O) groups is 2. The van der Waals surface area contributed by atoms with E-state index in [1.54, 1.807) is 18.3 Å². The third-order valence-corrected chi connectivity index (χ3v) is 5.27. The van der Waals surface area contributed by atoms with E-state index in [9.17, 15) is 14.0 Å². The lowest BCUT2D eigenvalue weighted by Gasteiger charge is -2.04. The first-order valence-corrected chi connectivity index (χ1v) is 9.49. The predicted molar refractivity (Wildman–Crippen MR) is 110 cm³/mol. The van der Waals surface area contributed by atoms with Crippen LogP contribution in [0.4, 0.5) is 4.39 Å². The van der Waals surface area contributed by atoms with E-state index in [1.165, 1.54) is 24.4 Å². The van der Waals surface area contributed by atoms with E-state index in [1.807, 2.05) is 0 Å². The SMILES string of the molecule is CC(=O)c1cc(Cl)c2c(F)cnn2c1Cl.CC(=O)c1cc(Cl)c2ccnn2c1Cl. The Kier molecular flexibility index (Phi) is 6.14. The van der Waals surface area contributed by atoms with Crippen molar-refractivity contribution >= 4 is 69.0 Å². The molecule has 4 rings (SSSR count). The zero-order valence-corrected chi connectivity index (χ0v) is 17.9. The van der Waals surface area contributed by atoms with Crippen molar-refractivity contribution in [3.8, 4) is 0 Å². The Morgan fingerprint density at radius 2 is 1.45 bits per heavy atom. The van der Waals surface area contributed by atoms with Gasteiger partial charge in [0.15, 0.2) is 17.4 Å². The molecule has 0 aliphatic heterocycles. The van der Waals surface area contributed by atoms with Crippen LogP contribution in [0.5, 0.6) is 0 Å². The molecule has 0 aromatic carbocycles. The van der Waals surface area contributed by atoms with Crippen molar-refractivity contribution in [3.63, 3.8) is 0 Å². The minimum Gasteiger partial charge on any atom is -0.294 e. The van der Waals surface area contributed by atoms with Crippen LogP contribution in [0.15, 0.2) is 30.6 Å². The minimum absolute atomic E-state index is 0.0609. The number of ketones is 2. The molecule has 0 radical (unpaired) electrons. The van der Waals surface area contributed by atoms with E-state index in [2.05, 4.69) is 10.2 Å². The summed E-state index contributed by atoms with van der Waals surface area (Å²) in [6.07, 6.45) is 2.58. The van der Waals surface area contributed by atoms with Crippen LogP contribution < -0.4 is 0 Å². The van der Waals surface area contributed by atoms with Crippen molar-refractivity contribution < 1.29 is 14.0 Å². The number of fused-ring (bicyclic) bond motifs is 2. The molecule has 0 amide bonds. The third kappa shape index (κ3) is 3.96. The largest absolute Gasteiger partial charge is 0.294 e. The zero-order chi connectivity index (χ0) is 21.5. The quantitative estimate of drug-likeness (QED) is 0.270. The van der Waals surface area contributed by atoms with Crippen LogP contribution in [0.2, 0.25) is 20.4 Å². The van der Waals surface area contributed by atoms with E-state index >= 15 is 0 Å². The maximum absolute atomic E-state index is 13.2. The second kappa shape index (κ2) is 8.28. The highest BCUT2D eigenvalue weighted by Crippen LogP contribution is 2.28. The van der Waals surface area contributed by atoms with Gasteiger partial charge in [-0.2, -0.15) is 10.2 Å². The van der Waals surface area contributed by atoms with Gasteiger partial charge in [-0.25, -0.2) is 13.4 Å². The maximum Gasteiger partial charge on any atom is 0.170 e. The average Bonchev–Trinajstić information content (AvgIpc) is 3.29. The Morgan fingerprint density at radius 3 is 2.03 bits per heavy atom. The van der Waals surface area contributed by atoms with Crippen LogP contribution in [0.3, 0.4) is 0 Å². The molecule has 0 unspecified atom stereocenters. The van der Waals surface area contributed by atoms with E-state index < -0.39 is 5.82 Å². The van der Waals surface area contributed by atoms with Crippen LogP contribution in [-0.2, 0) is 0 Å². The van der Waals surface area contributed by atoms with Gasteiger partial charge >= 0.3 is 0 Å². The lowest BCUT2D eigenvalue weighted by molar-refractivity contribution is 0.100. The molecule has 6 nitrogen and oxygen atoms in total. The molecule has 4 aromatic heterocycles. The molecule has 0 aliphatic carbocycles. The van der Waals surface area contributed by atoms with Gasteiger partial charge in [-0.3, -0.25) is 9.59 Å². The molecule has 0 saturated heterocycles. The number of pyridine rings is 2. The van der Waals surface area contributed by atoms with Gasteiger partial charge < -0.3 is 0 Å². The zero-order valence-electron chi connectivity index (χ0n) is 14.9. The van der Waals surface area contributed by atoms with E-state index in [4.69, 9.17) is 46.4 Å². The number of rotatable bonds is 2. The summed E-state index contributed by atoms with van der Waals surface area (Å²) in [6, 6.07) is 4.63. The Bertz CT molecular complexity index is 1280. The third-order valence-electron chi connectivity index (χ3n) is 3.96. The molecule has 0 bridgehead atoms. The molecule has 0 N–H and O–H groups in total. The van der Waals surface area contributed by atoms with Crippen molar-refractivity contribution in [3.05, 3.63) is 67.9 Å². The van der Waals surface area contributed by atoms with Gasteiger partial charge in [-0.05, 0) is 32.0 Å². The van der Waals surface area contributed by atoms with Gasteiger partial charge in [0.1, 0.15) is 15.8 Å². The Hall–Kier alpha value is -2.19. The molecule has 0 aliphatic rings. The maximum atomic E-state index is 13.2. The van der Waals surface area contributed by atoms with Crippen molar-refractivity contribution in [2.75, 3.05) is 0 Å². The fourth-order valence-corrected chi connectivity index (χ4v) is 3.74. The average molecular weight is 476 g/mol. The topological polar surface area (TPSA) is 68.7 Å². The van der Waals surface area contributed by atoms with Crippen LogP contribution in [0.25, 0.3) is 11.0 Å². The monoisotopic (exact) mass is 474 g/mol. The highest BCUT2D eigenvalue weighted by Gasteiger charge is 2.16. The summed E-state index contributed by atoms with van der Waals surface area (Å²) in [5, 5.41) is 8.60. The van der Waals surface area contributed by atoms with Crippen LogP contribution in [-0.4, -0.2) is 30.8 Å². The lowest BCUT2D eigenvalue weighted by atomic mass is 10.2. The number of carbonyl (C=O) groups excluding carboxylic acids is 2. The summed E-state index contributed by atoms with van der Waals surface area (Å²) in [4.78, 5) is 22.4. The van der Waals surface area contributed by atoms with Crippen molar-refractivity contribution in [1.82, 2.24) is 19.2 Å². The molecule has 4 aromatic rings. The summed E-state index contributed by atoms with van der Waals surface area (Å²) < 4.78 is 15.8. The predicted octanol–water partition coefficient (Wildman–Crippen LogP) is 5.83. The number of hydrogen-bond acceptors (Lipinski definition) is 4. The number of nitrogens with zero attached hydrogens (tertiary/aromatic N) is 4. The summed E-state index contributed by atoms with van der Waals surface area (Å²) >= 11 is 23.6. The number of aromatic nitrogens is 4. The van der Waals surface area contributed by atoms with Gasteiger partial charge in [0.05, 0.1) is 39.1 Å². The minimum atomic E-state index is -0.572. The van der Waals surface area contributed by atoms with Crippen LogP contribution >= 0.6 is 46.4 Å². The molecule has 0 saturated carbocycles. The lowest BCUT2D eigenvalue weighted by Crippen LogP contribution is -2.00.